The molecule has 1 unspecified atom stereocenters. The number of rotatable bonds is 7. The number of aliphatic hydroxyl groups is 1. The molecule has 0 aromatic heterocycles. The van der Waals surface area contributed by atoms with Crippen molar-refractivity contribution in [1.29, 1.82) is 0 Å². The van der Waals surface area contributed by atoms with Crippen LogP contribution in [0.5, 0.6) is 0 Å². The van der Waals surface area contributed by atoms with E-state index in [2.05, 4.69) is 10.6 Å². The van der Waals surface area contributed by atoms with Gasteiger partial charge in [0, 0.05) is 24.4 Å². The molecule has 6 heteroatoms. The zero-order valence-corrected chi connectivity index (χ0v) is 12.6. The molecule has 0 heterocycles. The van der Waals surface area contributed by atoms with Gasteiger partial charge in [-0.3, -0.25) is 0 Å². The van der Waals surface area contributed by atoms with Crippen molar-refractivity contribution in [1.82, 2.24) is 5.32 Å². The zero-order valence-electron chi connectivity index (χ0n) is 12.6. The Morgan fingerprint density at radius 1 is 1.38 bits per heavy atom. The quantitative estimate of drug-likeness (QED) is 0.723. The number of hydrogen-bond acceptors (Lipinski definition) is 3. The van der Waals surface area contributed by atoms with Crippen LogP contribution < -0.4 is 10.6 Å². The fourth-order valence-corrected chi connectivity index (χ4v) is 1.62. The summed E-state index contributed by atoms with van der Waals surface area (Å²) in [4.78, 5) is 11.7. The molecule has 21 heavy (non-hydrogen) atoms. The van der Waals surface area contributed by atoms with Crippen LogP contribution in [0.4, 0.5) is 14.9 Å². The number of nitrogens with one attached hydrogen (secondary N) is 2. The minimum absolute atomic E-state index is 0.0677. The fraction of sp³-hybridized carbons (Fsp3) is 0.533. The minimum atomic E-state index is -0.775. The molecule has 5 nitrogen and oxygen atoms in total. The molecule has 0 bridgehead atoms. The Balaban J connectivity index is 2.32. The van der Waals surface area contributed by atoms with E-state index in [1.807, 2.05) is 13.8 Å². The Kier molecular flexibility index (Phi) is 7.11. The van der Waals surface area contributed by atoms with E-state index in [-0.39, 0.29) is 19.0 Å². The lowest BCUT2D eigenvalue weighted by molar-refractivity contribution is 0.0274. The maximum atomic E-state index is 13.3. The number of benzene rings is 1. The Labute approximate surface area is 124 Å². The van der Waals surface area contributed by atoms with Gasteiger partial charge in [-0.1, -0.05) is 19.9 Å². The molecule has 1 rings (SSSR count). The predicted octanol–water partition coefficient (Wildman–Crippen LogP) is 2.29. The van der Waals surface area contributed by atoms with Gasteiger partial charge in [-0.2, -0.15) is 0 Å². The number of amides is 2. The summed E-state index contributed by atoms with van der Waals surface area (Å²) in [6, 6.07) is 3.97. The lowest BCUT2D eigenvalue weighted by Gasteiger charge is -2.14. The van der Waals surface area contributed by atoms with Crippen LogP contribution in [-0.4, -0.2) is 37.0 Å². The summed E-state index contributed by atoms with van der Waals surface area (Å²) in [7, 11) is 0. The second-order valence-corrected chi connectivity index (χ2v) is 5.33. The topological polar surface area (TPSA) is 70.6 Å². The molecule has 0 spiro atoms. The second kappa shape index (κ2) is 8.59. The standard InChI is InChI=1S/C15H23FN2O3/c1-10(2)8-21-9-12(19)7-17-15(20)18-14-6-4-5-13(16)11(14)3/h4-6,10,12,19H,7-9H2,1-3H3,(H2,17,18,20). The van der Waals surface area contributed by atoms with Crippen LogP contribution in [0.15, 0.2) is 18.2 Å². The molecule has 1 aromatic carbocycles. The van der Waals surface area contributed by atoms with Gasteiger partial charge in [0.05, 0.1) is 12.7 Å². The molecule has 0 aliphatic rings. The lowest BCUT2D eigenvalue weighted by atomic mass is 10.2. The van der Waals surface area contributed by atoms with Crippen molar-refractivity contribution in [3.63, 3.8) is 0 Å². The van der Waals surface area contributed by atoms with Crippen molar-refractivity contribution in [3.05, 3.63) is 29.6 Å². The van der Waals surface area contributed by atoms with E-state index in [9.17, 15) is 14.3 Å². The van der Waals surface area contributed by atoms with Crippen LogP contribution >= 0.6 is 0 Å². The molecule has 0 saturated carbocycles. The molecule has 0 fully saturated rings. The molecule has 2 amide bonds. The van der Waals surface area contributed by atoms with E-state index in [1.54, 1.807) is 13.0 Å². The van der Waals surface area contributed by atoms with Crippen molar-refractivity contribution in [2.45, 2.75) is 26.9 Å². The first-order valence-electron chi connectivity index (χ1n) is 6.96. The summed E-state index contributed by atoms with van der Waals surface area (Å²) in [6.45, 7) is 6.40. The van der Waals surface area contributed by atoms with Gasteiger partial charge >= 0.3 is 6.03 Å². The minimum Gasteiger partial charge on any atom is -0.389 e. The molecule has 0 radical (unpaired) electrons. The number of carbonyl (C=O) groups excluding carboxylic acids is 1. The second-order valence-electron chi connectivity index (χ2n) is 5.33. The first-order chi connectivity index (χ1) is 9.90. The average Bonchev–Trinajstić information content (AvgIpc) is 2.41. The first-order valence-corrected chi connectivity index (χ1v) is 6.96. The third kappa shape index (κ3) is 6.55. The van der Waals surface area contributed by atoms with Gasteiger partial charge in [0.1, 0.15) is 5.82 Å². The van der Waals surface area contributed by atoms with Crippen LogP contribution in [0.2, 0.25) is 0 Å². The molecular weight excluding hydrogens is 275 g/mol. The van der Waals surface area contributed by atoms with Crippen LogP contribution in [-0.2, 0) is 4.74 Å². The Bertz CT molecular complexity index is 466. The summed E-state index contributed by atoms with van der Waals surface area (Å²) in [5.41, 5.74) is 0.770. The zero-order chi connectivity index (χ0) is 15.8. The van der Waals surface area contributed by atoms with E-state index < -0.39 is 12.1 Å². The highest BCUT2D eigenvalue weighted by molar-refractivity contribution is 5.90. The lowest BCUT2D eigenvalue weighted by Crippen LogP contribution is -2.37. The highest BCUT2D eigenvalue weighted by Crippen LogP contribution is 2.16. The highest BCUT2D eigenvalue weighted by atomic mass is 19.1. The highest BCUT2D eigenvalue weighted by Gasteiger charge is 2.10. The van der Waals surface area contributed by atoms with Crippen molar-refractivity contribution in [2.24, 2.45) is 5.92 Å². The first kappa shape index (κ1) is 17.4. The number of halogens is 1. The molecule has 118 valence electrons. The number of carbonyl (C=O) groups is 1. The summed E-state index contributed by atoms with van der Waals surface area (Å²) in [6.07, 6.45) is -0.775. The van der Waals surface area contributed by atoms with Crippen LogP contribution in [0.1, 0.15) is 19.4 Å². The van der Waals surface area contributed by atoms with Crippen LogP contribution in [0.25, 0.3) is 0 Å². The normalized spacial score (nSPS) is 12.3. The van der Waals surface area contributed by atoms with E-state index in [4.69, 9.17) is 4.74 Å². The van der Waals surface area contributed by atoms with E-state index in [1.165, 1.54) is 12.1 Å². The smallest absolute Gasteiger partial charge is 0.319 e. The number of hydrogen-bond donors (Lipinski definition) is 3. The van der Waals surface area contributed by atoms with Gasteiger partial charge < -0.3 is 20.5 Å². The molecule has 0 saturated heterocycles. The largest absolute Gasteiger partial charge is 0.389 e. The molecule has 0 aliphatic carbocycles. The predicted molar refractivity (Wildman–Crippen MR) is 79.8 cm³/mol. The van der Waals surface area contributed by atoms with E-state index in [0.717, 1.165) is 0 Å². The Hall–Kier alpha value is -1.66. The number of urea groups is 1. The van der Waals surface area contributed by atoms with Crippen molar-refractivity contribution in [3.8, 4) is 0 Å². The van der Waals surface area contributed by atoms with E-state index >= 15 is 0 Å². The number of aliphatic hydroxyl groups excluding tert-OH is 1. The van der Waals surface area contributed by atoms with Gasteiger partial charge in [0.2, 0.25) is 0 Å². The third-order valence-corrected chi connectivity index (χ3v) is 2.78. The van der Waals surface area contributed by atoms with Crippen molar-refractivity contribution < 1.29 is 19.0 Å². The average molecular weight is 298 g/mol. The third-order valence-electron chi connectivity index (χ3n) is 2.78. The Morgan fingerprint density at radius 2 is 2.10 bits per heavy atom. The summed E-state index contributed by atoms with van der Waals surface area (Å²) in [5, 5.41) is 14.7. The van der Waals surface area contributed by atoms with Gasteiger partial charge in [-0.05, 0) is 25.0 Å². The van der Waals surface area contributed by atoms with E-state index in [0.29, 0.717) is 23.8 Å². The molecule has 3 N–H and O–H groups in total. The van der Waals surface area contributed by atoms with Gasteiger partial charge in [0.15, 0.2) is 0 Å². The summed E-state index contributed by atoms with van der Waals surface area (Å²) >= 11 is 0. The SMILES string of the molecule is Cc1c(F)cccc1NC(=O)NCC(O)COCC(C)C. The van der Waals surface area contributed by atoms with Crippen LogP contribution in [0, 0.1) is 18.7 Å². The maximum absolute atomic E-state index is 13.3. The van der Waals surface area contributed by atoms with Gasteiger partial charge in [0.25, 0.3) is 0 Å². The van der Waals surface area contributed by atoms with Crippen LogP contribution in [0.3, 0.4) is 0 Å². The molecule has 1 aromatic rings. The number of ether oxygens (including phenoxy) is 1. The van der Waals surface area contributed by atoms with Crippen molar-refractivity contribution >= 4 is 11.7 Å². The number of anilines is 1. The molecular formula is C15H23FN2O3. The Morgan fingerprint density at radius 3 is 2.76 bits per heavy atom. The summed E-state index contributed by atoms with van der Waals surface area (Å²) in [5.74, 6) is 0.0133. The van der Waals surface area contributed by atoms with Gasteiger partial charge in [-0.25, -0.2) is 9.18 Å². The molecule has 1 atom stereocenters. The molecule has 0 aliphatic heterocycles. The van der Waals surface area contributed by atoms with Gasteiger partial charge in [-0.15, -0.1) is 0 Å². The monoisotopic (exact) mass is 298 g/mol. The van der Waals surface area contributed by atoms with Crippen molar-refractivity contribution in [2.75, 3.05) is 25.1 Å². The maximum Gasteiger partial charge on any atom is 0.319 e. The summed E-state index contributed by atoms with van der Waals surface area (Å²) < 4.78 is 18.6. The fourth-order valence-electron chi connectivity index (χ4n) is 1.62.